The highest BCUT2D eigenvalue weighted by Crippen LogP contribution is 2.37. The summed E-state index contributed by atoms with van der Waals surface area (Å²) in [5.74, 6) is 0.0665. The van der Waals surface area contributed by atoms with E-state index in [1.807, 2.05) is 37.3 Å². The molecule has 0 saturated carbocycles. The van der Waals surface area contributed by atoms with Crippen LogP contribution in [-0.4, -0.2) is 20.2 Å². The molecule has 0 unspecified atom stereocenters. The Morgan fingerprint density at radius 1 is 1.04 bits per heavy atom. The quantitative estimate of drug-likeness (QED) is 0.596. The fraction of sp³-hybridized carbons (Fsp3) is 0.211. The van der Waals surface area contributed by atoms with Crippen molar-refractivity contribution in [3.63, 3.8) is 0 Å². The van der Waals surface area contributed by atoms with Crippen LogP contribution in [0.4, 0.5) is 5.69 Å². The molecule has 0 atom stereocenters. The molecule has 1 N–H and O–H groups in total. The molecule has 2 aromatic carbocycles. The predicted octanol–water partition coefficient (Wildman–Crippen LogP) is 4.32. The van der Waals surface area contributed by atoms with Crippen molar-refractivity contribution < 1.29 is 17.7 Å². The molecule has 0 aliphatic rings. The summed E-state index contributed by atoms with van der Waals surface area (Å²) in [6, 6.07) is 17.3. The largest absolute Gasteiger partial charge is 0.462 e. The number of unbranched alkanes of at least 4 members (excludes halogenated alkanes) is 1. The number of sulfonamides is 1. The first kappa shape index (κ1) is 18.0. The van der Waals surface area contributed by atoms with Crippen molar-refractivity contribution in [3.8, 4) is 17.2 Å². The van der Waals surface area contributed by atoms with Crippen LogP contribution in [0.3, 0.4) is 0 Å². The molecule has 136 valence electrons. The summed E-state index contributed by atoms with van der Waals surface area (Å²) >= 11 is 0. The van der Waals surface area contributed by atoms with Crippen molar-refractivity contribution in [2.45, 2.75) is 24.7 Å². The standard InChI is InChI=1S/C19H20N2O4S/c1-2-3-14-24-19-18(17(20-25-19)15-10-6-4-7-11-15)21-26(22,23)16-12-8-5-9-13-16/h4-13,21H,2-3,14H2,1H3. The van der Waals surface area contributed by atoms with E-state index in [0.717, 1.165) is 18.4 Å². The molecule has 1 heterocycles. The lowest BCUT2D eigenvalue weighted by atomic mass is 10.1. The summed E-state index contributed by atoms with van der Waals surface area (Å²) in [4.78, 5) is 0.153. The van der Waals surface area contributed by atoms with Crippen LogP contribution in [0, 0.1) is 0 Å². The number of hydrogen-bond acceptors (Lipinski definition) is 5. The van der Waals surface area contributed by atoms with Crippen LogP contribution in [0.25, 0.3) is 11.3 Å². The lowest BCUT2D eigenvalue weighted by Crippen LogP contribution is -2.14. The van der Waals surface area contributed by atoms with Crippen LogP contribution in [0.1, 0.15) is 19.8 Å². The van der Waals surface area contributed by atoms with Gasteiger partial charge in [0.2, 0.25) is 0 Å². The van der Waals surface area contributed by atoms with Crippen molar-refractivity contribution in [3.05, 3.63) is 60.7 Å². The minimum absolute atomic E-state index is 0.0665. The Balaban J connectivity index is 1.98. The van der Waals surface area contributed by atoms with Crippen molar-refractivity contribution in [1.29, 1.82) is 0 Å². The van der Waals surface area contributed by atoms with Crippen LogP contribution in [0.15, 0.2) is 70.1 Å². The molecular formula is C19H20N2O4S. The Morgan fingerprint density at radius 3 is 2.35 bits per heavy atom. The fourth-order valence-corrected chi connectivity index (χ4v) is 3.44. The maximum Gasteiger partial charge on any atom is 0.336 e. The molecule has 26 heavy (non-hydrogen) atoms. The van der Waals surface area contributed by atoms with Gasteiger partial charge in [0.05, 0.1) is 11.5 Å². The molecule has 0 fully saturated rings. The Labute approximate surface area is 152 Å². The van der Waals surface area contributed by atoms with Crippen molar-refractivity contribution in [2.75, 3.05) is 11.3 Å². The molecule has 0 radical (unpaired) electrons. The first-order chi connectivity index (χ1) is 12.6. The van der Waals surface area contributed by atoms with Gasteiger partial charge in [-0.25, -0.2) is 8.42 Å². The minimum atomic E-state index is -3.80. The third-order valence-electron chi connectivity index (χ3n) is 3.73. The maximum absolute atomic E-state index is 12.7. The number of nitrogens with zero attached hydrogens (tertiary/aromatic N) is 1. The minimum Gasteiger partial charge on any atom is -0.462 e. The zero-order valence-corrected chi connectivity index (χ0v) is 15.2. The molecule has 1 aromatic heterocycles. The van der Waals surface area contributed by atoms with E-state index in [9.17, 15) is 8.42 Å². The number of hydrogen-bond donors (Lipinski definition) is 1. The summed E-state index contributed by atoms with van der Waals surface area (Å²) in [6.07, 6.45) is 1.77. The topological polar surface area (TPSA) is 81.4 Å². The number of aromatic nitrogens is 1. The van der Waals surface area contributed by atoms with E-state index in [4.69, 9.17) is 9.26 Å². The molecule has 0 aliphatic heterocycles. The highest BCUT2D eigenvalue weighted by molar-refractivity contribution is 7.92. The third kappa shape index (κ3) is 4.05. The second-order valence-electron chi connectivity index (χ2n) is 5.68. The summed E-state index contributed by atoms with van der Waals surface area (Å²) in [5, 5.41) is 4.02. The van der Waals surface area contributed by atoms with Gasteiger partial charge in [-0.05, 0) is 18.6 Å². The van der Waals surface area contributed by atoms with Crippen LogP contribution in [-0.2, 0) is 10.0 Å². The van der Waals surface area contributed by atoms with E-state index in [1.165, 1.54) is 12.1 Å². The van der Waals surface area contributed by atoms with E-state index >= 15 is 0 Å². The Kier molecular flexibility index (Phi) is 5.58. The van der Waals surface area contributed by atoms with E-state index in [1.54, 1.807) is 18.2 Å². The molecule has 0 bridgehead atoms. The lowest BCUT2D eigenvalue weighted by molar-refractivity contribution is 0.213. The SMILES string of the molecule is CCCCOc1onc(-c2ccccc2)c1NS(=O)(=O)c1ccccc1. The number of nitrogens with one attached hydrogen (secondary N) is 1. The lowest BCUT2D eigenvalue weighted by Gasteiger charge is -2.09. The Morgan fingerprint density at radius 2 is 1.69 bits per heavy atom. The van der Waals surface area contributed by atoms with E-state index in [0.29, 0.717) is 12.3 Å². The van der Waals surface area contributed by atoms with Crippen LogP contribution < -0.4 is 9.46 Å². The zero-order valence-electron chi connectivity index (χ0n) is 14.4. The molecule has 3 aromatic rings. The average Bonchev–Trinajstić information content (AvgIpc) is 3.05. The average molecular weight is 372 g/mol. The first-order valence-corrected chi connectivity index (χ1v) is 9.86. The highest BCUT2D eigenvalue weighted by Gasteiger charge is 2.24. The molecule has 0 amide bonds. The molecule has 3 rings (SSSR count). The van der Waals surface area contributed by atoms with Gasteiger partial charge >= 0.3 is 5.95 Å². The molecule has 6 nitrogen and oxygen atoms in total. The Bertz CT molecular complexity index is 938. The smallest absolute Gasteiger partial charge is 0.336 e. The molecule has 0 saturated heterocycles. The van der Waals surface area contributed by atoms with Gasteiger partial charge in [-0.3, -0.25) is 4.72 Å². The molecule has 0 spiro atoms. The molecule has 7 heteroatoms. The van der Waals surface area contributed by atoms with E-state index < -0.39 is 10.0 Å². The van der Waals surface area contributed by atoms with Gasteiger partial charge in [-0.2, -0.15) is 0 Å². The van der Waals surface area contributed by atoms with Crippen LogP contribution >= 0.6 is 0 Å². The summed E-state index contributed by atoms with van der Waals surface area (Å²) < 4.78 is 38.9. The number of benzene rings is 2. The maximum atomic E-state index is 12.7. The number of ether oxygens (including phenoxy) is 1. The summed E-state index contributed by atoms with van der Waals surface area (Å²) in [6.45, 7) is 2.46. The summed E-state index contributed by atoms with van der Waals surface area (Å²) in [7, 11) is -3.80. The second-order valence-corrected chi connectivity index (χ2v) is 7.36. The van der Waals surface area contributed by atoms with Crippen molar-refractivity contribution in [2.24, 2.45) is 0 Å². The Hall–Kier alpha value is -2.80. The van der Waals surface area contributed by atoms with Gasteiger partial charge in [0.1, 0.15) is 5.69 Å². The predicted molar refractivity (Wildman–Crippen MR) is 99.6 cm³/mol. The zero-order chi connectivity index (χ0) is 18.4. The highest BCUT2D eigenvalue weighted by atomic mass is 32.2. The number of anilines is 1. The van der Waals surface area contributed by atoms with Gasteiger partial charge in [0, 0.05) is 5.56 Å². The normalized spacial score (nSPS) is 11.3. The van der Waals surface area contributed by atoms with Crippen molar-refractivity contribution in [1.82, 2.24) is 5.16 Å². The monoisotopic (exact) mass is 372 g/mol. The van der Waals surface area contributed by atoms with E-state index in [-0.39, 0.29) is 16.5 Å². The van der Waals surface area contributed by atoms with Gasteiger partial charge in [-0.1, -0.05) is 67.0 Å². The number of rotatable bonds is 8. The van der Waals surface area contributed by atoms with Gasteiger partial charge in [0.15, 0.2) is 5.69 Å². The van der Waals surface area contributed by atoms with Crippen LogP contribution in [0.2, 0.25) is 0 Å². The van der Waals surface area contributed by atoms with Gasteiger partial charge in [-0.15, -0.1) is 0 Å². The second kappa shape index (κ2) is 8.05. The van der Waals surface area contributed by atoms with Crippen molar-refractivity contribution >= 4 is 15.7 Å². The van der Waals surface area contributed by atoms with E-state index in [2.05, 4.69) is 9.88 Å². The fourth-order valence-electron chi connectivity index (χ4n) is 2.36. The molecule has 0 aliphatic carbocycles. The molecular weight excluding hydrogens is 352 g/mol. The third-order valence-corrected chi connectivity index (χ3v) is 5.09. The first-order valence-electron chi connectivity index (χ1n) is 8.37. The van der Waals surface area contributed by atoms with Gasteiger partial charge < -0.3 is 9.26 Å². The summed E-state index contributed by atoms with van der Waals surface area (Å²) in [5.41, 5.74) is 1.32. The van der Waals surface area contributed by atoms with Crippen LogP contribution in [0.5, 0.6) is 5.95 Å². The van der Waals surface area contributed by atoms with Gasteiger partial charge in [0.25, 0.3) is 10.0 Å².